The number of ether oxygens (including phenoxy) is 1. The predicted octanol–water partition coefficient (Wildman–Crippen LogP) is 5.03. The summed E-state index contributed by atoms with van der Waals surface area (Å²) in [4.78, 5) is 20.9. The molecule has 0 aliphatic heterocycles. The molecule has 9 heteroatoms. The summed E-state index contributed by atoms with van der Waals surface area (Å²) in [6.45, 7) is 4.73. The van der Waals surface area contributed by atoms with Gasteiger partial charge >= 0.3 is 0 Å². The van der Waals surface area contributed by atoms with Crippen LogP contribution in [0.15, 0.2) is 41.3 Å². The molecule has 0 aliphatic rings. The number of benzene rings is 2. The number of amidine groups is 1. The van der Waals surface area contributed by atoms with Crippen LogP contribution in [0, 0.1) is 12.3 Å². The van der Waals surface area contributed by atoms with Gasteiger partial charge < -0.3 is 15.4 Å². The topological polar surface area (TPSA) is 100.0 Å². The van der Waals surface area contributed by atoms with Crippen molar-refractivity contribution in [1.82, 2.24) is 15.3 Å². The lowest BCUT2D eigenvalue weighted by Gasteiger charge is -2.11. The van der Waals surface area contributed by atoms with Crippen molar-refractivity contribution in [1.29, 1.82) is 5.41 Å². The number of halogens is 1. The average molecular weight is 470 g/mol. The number of nitrogens with one attached hydrogen (secondary N) is 3. The van der Waals surface area contributed by atoms with Crippen molar-refractivity contribution in [3.63, 3.8) is 0 Å². The number of anilines is 1. The summed E-state index contributed by atoms with van der Waals surface area (Å²) in [6, 6.07) is 11.3. The van der Waals surface area contributed by atoms with E-state index in [9.17, 15) is 4.79 Å². The van der Waals surface area contributed by atoms with E-state index in [4.69, 9.17) is 21.7 Å². The molecule has 1 aromatic heterocycles. The van der Waals surface area contributed by atoms with Gasteiger partial charge in [0.05, 0.1) is 22.4 Å². The van der Waals surface area contributed by atoms with Gasteiger partial charge in [-0.3, -0.25) is 10.2 Å². The van der Waals surface area contributed by atoms with E-state index in [1.54, 1.807) is 13.1 Å². The van der Waals surface area contributed by atoms with Gasteiger partial charge in [0.25, 0.3) is 0 Å². The smallest absolute Gasteiger partial charge is 0.226 e. The Morgan fingerprint density at radius 2 is 2.09 bits per heavy atom. The minimum Gasteiger partial charge on any atom is -0.477 e. The Balaban J connectivity index is 1.78. The molecular formula is C23H24ClN5O2S. The van der Waals surface area contributed by atoms with Crippen LogP contribution < -0.4 is 15.4 Å². The van der Waals surface area contributed by atoms with Gasteiger partial charge in [0, 0.05) is 18.6 Å². The Kier molecular flexibility index (Phi) is 8.08. The SMILES string of the molecule is CCOc1nc(NC)nc2ccc(/C=C(/C=O)SC(=N)NCc3c(C)cccc3Cl)cc12. The molecule has 32 heavy (non-hydrogen) atoms. The molecule has 0 fully saturated rings. The maximum Gasteiger partial charge on any atom is 0.226 e. The summed E-state index contributed by atoms with van der Waals surface area (Å²) >= 11 is 7.29. The second-order valence-corrected chi connectivity index (χ2v) is 8.29. The van der Waals surface area contributed by atoms with Gasteiger partial charge in [-0.2, -0.15) is 4.98 Å². The van der Waals surface area contributed by atoms with Crippen molar-refractivity contribution in [3.05, 3.63) is 63.0 Å². The number of rotatable bonds is 8. The molecule has 7 nitrogen and oxygen atoms in total. The third-order valence-corrected chi connectivity index (χ3v) is 5.77. The molecule has 3 aromatic rings. The molecule has 0 unspecified atom stereocenters. The van der Waals surface area contributed by atoms with E-state index in [-0.39, 0.29) is 5.17 Å². The molecule has 0 atom stereocenters. The van der Waals surface area contributed by atoms with Gasteiger partial charge in [-0.25, -0.2) is 4.98 Å². The lowest BCUT2D eigenvalue weighted by Crippen LogP contribution is -2.19. The quantitative estimate of drug-likeness (QED) is 0.184. The second-order valence-electron chi connectivity index (χ2n) is 6.80. The molecule has 2 aromatic carbocycles. The number of carbonyl (C=O) groups is 1. The Hall–Kier alpha value is -3.10. The summed E-state index contributed by atoms with van der Waals surface area (Å²) in [6.07, 6.45) is 2.45. The Morgan fingerprint density at radius 3 is 2.78 bits per heavy atom. The number of nitrogens with zero attached hydrogens (tertiary/aromatic N) is 2. The van der Waals surface area contributed by atoms with Crippen molar-refractivity contribution in [2.45, 2.75) is 20.4 Å². The summed E-state index contributed by atoms with van der Waals surface area (Å²) in [5.74, 6) is 0.948. The Labute approximate surface area is 196 Å². The van der Waals surface area contributed by atoms with E-state index in [2.05, 4.69) is 20.6 Å². The number of aldehydes is 1. The van der Waals surface area contributed by atoms with E-state index in [1.165, 1.54) is 0 Å². The molecule has 0 saturated heterocycles. The molecule has 0 aliphatic carbocycles. The lowest BCUT2D eigenvalue weighted by molar-refractivity contribution is -0.104. The third kappa shape index (κ3) is 5.77. The number of aromatic nitrogens is 2. The van der Waals surface area contributed by atoms with Crippen LogP contribution >= 0.6 is 23.4 Å². The highest BCUT2D eigenvalue weighted by molar-refractivity contribution is 8.17. The van der Waals surface area contributed by atoms with Crippen LogP contribution in [0.3, 0.4) is 0 Å². The molecule has 0 saturated carbocycles. The fourth-order valence-electron chi connectivity index (χ4n) is 3.03. The van der Waals surface area contributed by atoms with Crippen LogP contribution in [-0.2, 0) is 11.3 Å². The van der Waals surface area contributed by atoms with Crippen molar-refractivity contribution in [2.24, 2.45) is 0 Å². The molecule has 3 N–H and O–H groups in total. The van der Waals surface area contributed by atoms with Gasteiger partial charge in [-0.05, 0) is 66.6 Å². The fourth-order valence-corrected chi connectivity index (χ4v) is 3.94. The Bertz CT molecular complexity index is 1160. The summed E-state index contributed by atoms with van der Waals surface area (Å²) < 4.78 is 5.66. The van der Waals surface area contributed by atoms with Crippen molar-refractivity contribution >= 4 is 57.7 Å². The minimum absolute atomic E-state index is 0.153. The van der Waals surface area contributed by atoms with Gasteiger partial charge in [0.2, 0.25) is 11.8 Å². The Morgan fingerprint density at radius 1 is 1.28 bits per heavy atom. The number of thioether (sulfide) groups is 1. The van der Waals surface area contributed by atoms with Gasteiger partial charge in [-0.15, -0.1) is 0 Å². The lowest BCUT2D eigenvalue weighted by atomic mass is 10.1. The van der Waals surface area contributed by atoms with E-state index in [1.807, 2.05) is 50.2 Å². The van der Waals surface area contributed by atoms with E-state index in [0.29, 0.717) is 34.9 Å². The van der Waals surface area contributed by atoms with E-state index >= 15 is 0 Å². The highest BCUT2D eigenvalue weighted by Gasteiger charge is 2.10. The number of carbonyl (C=O) groups excluding carboxylic acids is 1. The van der Waals surface area contributed by atoms with E-state index < -0.39 is 0 Å². The first-order valence-electron chi connectivity index (χ1n) is 9.98. The zero-order valence-corrected chi connectivity index (χ0v) is 19.6. The van der Waals surface area contributed by atoms with Gasteiger partial charge in [0.1, 0.15) is 0 Å². The summed E-state index contributed by atoms with van der Waals surface area (Å²) in [5.41, 5.74) is 3.48. The van der Waals surface area contributed by atoms with Crippen molar-refractivity contribution in [2.75, 3.05) is 19.0 Å². The largest absolute Gasteiger partial charge is 0.477 e. The molecule has 166 valence electrons. The molecule has 3 rings (SSSR count). The zero-order chi connectivity index (χ0) is 23.1. The summed E-state index contributed by atoms with van der Waals surface area (Å²) in [5, 5.41) is 15.7. The van der Waals surface area contributed by atoms with Crippen LogP contribution in [0.1, 0.15) is 23.6 Å². The number of allylic oxidation sites excluding steroid dienone is 1. The van der Waals surface area contributed by atoms with Gasteiger partial charge in [-0.1, -0.05) is 29.8 Å². The first kappa shape index (κ1) is 23.6. The number of hydrogen-bond donors (Lipinski definition) is 3. The van der Waals surface area contributed by atoms with Crippen molar-refractivity contribution in [3.8, 4) is 5.88 Å². The van der Waals surface area contributed by atoms with Gasteiger partial charge in [0.15, 0.2) is 11.5 Å². The normalized spacial score (nSPS) is 11.3. The van der Waals surface area contributed by atoms with Crippen LogP contribution in [0.5, 0.6) is 5.88 Å². The van der Waals surface area contributed by atoms with Crippen LogP contribution in [-0.4, -0.2) is 35.1 Å². The van der Waals surface area contributed by atoms with Crippen LogP contribution in [0.2, 0.25) is 5.02 Å². The predicted molar refractivity (Wildman–Crippen MR) is 133 cm³/mol. The first-order chi connectivity index (χ1) is 15.4. The molecule has 1 heterocycles. The third-order valence-electron chi connectivity index (χ3n) is 4.61. The van der Waals surface area contributed by atoms with Crippen molar-refractivity contribution < 1.29 is 9.53 Å². The highest BCUT2D eigenvalue weighted by Crippen LogP contribution is 2.27. The minimum atomic E-state index is 0.153. The summed E-state index contributed by atoms with van der Waals surface area (Å²) in [7, 11) is 1.75. The van der Waals surface area contributed by atoms with E-state index in [0.717, 1.165) is 45.6 Å². The zero-order valence-electron chi connectivity index (χ0n) is 18.0. The second kappa shape index (κ2) is 11.0. The standard InChI is InChI=1S/C23H24ClN5O2S/c1-4-31-21-17-11-15(8-9-20(17)28-23(26-3)29-21)10-16(13-30)32-22(25)27-12-18-14(2)6-5-7-19(18)24/h5-11,13H,4,12H2,1-3H3,(H2,25,27)(H,26,28,29)/b16-10-. The number of aryl methyl sites for hydroxylation is 1. The number of fused-ring (bicyclic) bond motifs is 1. The number of hydrogen-bond acceptors (Lipinski definition) is 7. The molecule has 0 spiro atoms. The first-order valence-corrected chi connectivity index (χ1v) is 11.2. The monoisotopic (exact) mass is 469 g/mol. The maximum atomic E-state index is 11.7. The van der Waals surface area contributed by atoms with Crippen LogP contribution in [0.25, 0.3) is 17.0 Å². The molecule has 0 bridgehead atoms. The fraction of sp³-hybridized carbons (Fsp3) is 0.217. The molecule has 0 amide bonds. The average Bonchev–Trinajstić information content (AvgIpc) is 2.78. The molecule has 0 radical (unpaired) electrons. The van der Waals surface area contributed by atoms with Crippen LogP contribution in [0.4, 0.5) is 5.95 Å². The maximum absolute atomic E-state index is 11.7. The highest BCUT2D eigenvalue weighted by atomic mass is 35.5. The molecular weight excluding hydrogens is 446 g/mol.